The van der Waals surface area contributed by atoms with Crippen LogP contribution in [0.4, 0.5) is 5.69 Å². The Bertz CT molecular complexity index is 881. The number of carbonyl (C=O) groups is 1. The third kappa shape index (κ3) is 2.84. The highest BCUT2D eigenvalue weighted by molar-refractivity contribution is 9.11. The minimum Gasteiger partial charge on any atom is -0.505 e. The number of nitrogens with one attached hydrogen (secondary N) is 1. The highest BCUT2D eigenvalue weighted by atomic mass is 79.9. The molecule has 2 aromatic carbocycles. The van der Waals surface area contributed by atoms with Crippen LogP contribution in [0.1, 0.15) is 10.4 Å². The molecule has 1 heterocycles. The van der Waals surface area contributed by atoms with E-state index in [1.54, 1.807) is 30.5 Å². The molecule has 22 heavy (non-hydrogen) atoms. The molecule has 0 atom stereocenters. The molecule has 0 radical (unpaired) electrons. The number of pyridine rings is 1. The van der Waals surface area contributed by atoms with E-state index in [2.05, 4.69) is 42.2 Å². The van der Waals surface area contributed by atoms with Gasteiger partial charge in [-0.2, -0.15) is 0 Å². The van der Waals surface area contributed by atoms with Crippen LogP contribution in [0.5, 0.6) is 5.75 Å². The number of benzene rings is 2. The van der Waals surface area contributed by atoms with Gasteiger partial charge in [-0.3, -0.25) is 9.78 Å². The van der Waals surface area contributed by atoms with Crippen LogP contribution >= 0.6 is 31.9 Å². The second-order valence-electron chi connectivity index (χ2n) is 4.62. The average molecular weight is 422 g/mol. The zero-order valence-electron chi connectivity index (χ0n) is 11.2. The molecule has 3 rings (SSSR count). The van der Waals surface area contributed by atoms with Gasteiger partial charge in [-0.1, -0.05) is 28.1 Å². The second-order valence-corrected chi connectivity index (χ2v) is 6.39. The lowest BCUT2D eigenvalue weighted by Crippen LogP contribution is -2.12. The van der Waals surface area contributed by atoms with Crippen LogP contribution in [0.25, 0.3) is 10.9 Å². The molecule has 1 amide bonds. The Morgan fingerprint density at radius 3 is 2.73 bits per heavy atom. The highest BCUT2D eigenvalue weighted by Crippen LogP contribution is 2.30. The lowest BCUT2D eigenvalue weighted by molar-refractivity contribution is 0.102. The van der Waals surface area contributed by atoms with Gasteiger partial charge in [0.25, 0.3) is 5.91 Å². The summed E-state index contributed by atoms with van der Waals surface area (Å²) in [7, 11) is 0. The third-order valence-electron chi connectivity index (χ3n) is 3.17. The summed E-state index contributed by atoms with van der Waals surface area (Å²) in [5.74, 6) is -0.517. The van der Waals surface area contributed by atoms with Gasteiger partial charge in [0.15, 0.2) is 5.75 Å². The van der Waals surface area contributed by atoms with E-state index in [9.17, 15) is 9.90 Å². The molecular formula is C16H10Br2N2O2. The molecule has 0 saturated heterocycles. The summed E-state index contributed by atoms with van der Waals surface area (Å²) in [4.78, 5) is 16.5. The van der Waals surface area contributed by atoms with Gasteiger partial charge >= 0.3 is 0 Å². The van der Waals surface area contributed by atoms with Gasteiger partial charge in [0.1, 0.15) is 5.52 Å². The zero-order chi connectivity index (χ0) is 15.7. The smallest absolute Gasteiger partial charge is 0.259 e. The Balaban J connectivity index is 1.97. The molecule has 0 aliphatic heterocycles. The van der Waals surface area contributed by atoms with Gasteiger partial charge in [-0.05, 0) is 46.3 Å². The van der Waals surface area contributed by atoms with Crippen LogP contribution in [-0.2, 0) is 0 Å². The minimum atomic E-state index is -0.395. The van der Waals surface area contributed by atoms with Crippen molar-refractivity contribution in [1.29, 1.82) is 0 Å². The van der Waals surface area contributed by atoms with Crippen molar-refractivity contribution < 1.29 is 9.90 Å². The molecule has 2 N–H and O–H groups in total. The molecule has 0 unspecified atom stereocenters. The van der Waals surface area contributed by atoms with E-state index in [0.717, 1.165) is 14.3 Å². The second kappa shape index (κ2) is 6.06. The number of fused-ring (bicyclic) bond motifs is 1. The van der Waals surface area contributed by atoms with Crippen molar-refractivity contribution in [2.75, 3.05) is 5.32 Å². The Kier molecular flexibility index (Phi) is 4.13. The summed E-state index contributed by atoms with van der Waals surface area (Å²) in [5.41, 5.74) is 1.21. The number of nitrogens with zero attached hydrogens (tertiary/aromatic N) is 1. The number of phenols is 1. The third-order valence-corrected chi connectivity index (χ3v) is 4.32. The maximum atomic E-state index is 12.4. The first kappa shape index (κ1) is 15.0. The number of rotatable bonds is 2. The number of hydrogen-bond acceptors (Lipinski definition) is 3. The van der Waals surface area contributed by atoms with Gasteiger partial charge in [-0.15, -0.1) is 0 Å². The van der Waals surface area contributed by atoms with Crippen LogP contribution in [0.3, 0.4) is 0 Å². The molecule has 0 bridgehead atoms. The zero-order valence-corrected chi connectivity index (χ0v) is 14.3. The number of aromatic hydroxyl groups is 1. The minimum absolute atomic E-state index is 0.121. The first-order chi connectivity index (χ1) is 10.6. The van der Waals surface area contributed by atoms with Crippen LogP contribution < -0.4 is 5.32 Å². The Morgan fingerprint density at radius 1 is 1.14 bits per heavy atom. The topological polar surface area (TPSA) is 62.2 Å². The summed E-state index contributed by atoms with van der Waals surface area (Å²) in [6.45, 7) is 0. The average Bonchev–Trinajstić information content (AvgIpc) is 2.50. The summed E-state index contributed by atoms with van der Waals surface area (Å²) in [6, 6.07) is 12.4. The van der Waals surface area contributed by atoms with Crippen LogP contribution in [-0.4, -0.2) is 16.0 Å². The standard InChI is InChI=1S/C16H10Br2N2O2/c17-10-4-6-13(12(18)8-10)20-16(22)11-5-3-9-2-1-7-19-14(9)15(11)21/h1-8,21H,(H,20,22). The van der Waals surface area contributed by atoms with Crippen molar-refractivity contribution >= 4 is 54.4 Å². The molecule has 0 fully saturated rings. The number of amides is 1. The first-order valence-electron chi connectivity index (χ1n) is 6.39. The van der Waals surface area contributed by atoms with Crippen molar-refractivity contribution in [1.82, 2.24) is 4.98 Å². The normalized spacial score (nSPS) is 10.6. The fourth-order valence-electron chi connectivity index (χ4n) is 2.09. The fraction of sp³-hybridized carbons (Fsp3) is 0. The van der Waals surface area contributed by atoms with Crippen LogP contribution in [0.2, 0.25) is 0 Å². The molecular weight excluding hydrogens is 412 g/mol. The number of halogens is 2. The van der Waals surface area contributed by atoms with Crippen molar-refractivity contribution in [2.24, 2.45) is 0 Å². The lowest BCUT2D eigenvalue weighted by atomic mass is 10.1. The first-order valence-corrected chi connectivity index (χ1v) is 7.98. The molecule has 110 valence electrons. The van der Waals surface area contributed by atoms with Gasteiger partial charge in [0, 0.05) is 20.5 Å². The Hall–Kier alpha value is -1.92. The Labute approximate surface area is 143 Å². The van der Waals surface area contributed by atoms with Crippen molar-refractivity contribution in [3.8, 4) is 5.75 Å². The number of anilines is 1. The monoisotopic (exact) mass is 420 g/mol. The van der Waals surface area contributed by atoms with E-state index in [1.807, 2.05) is 18.2 Å². The van der Waals surface area contributed by atoms with E-state index in [1.165, 1.54) is 0 Å². The van der Waals surface area contributed by atoms with E-state index < -0.39 is 5.91 Å². The molecule has 1 aromatic heterocycles. The number of hydrogen-bond donors (Lipinski definition) is 2. The van der Waals surface area contributed by atoms with Crippen LogP contribution in [0, 0.1) is 0 Å². The van der Waals surface area contributed by atoms with Gasteiger partial charge in [-0.25, -0.2) is 0 Å². The van der Waals surface area contributed by atoms with Crippen LogP contribution in [0.15, 0.2) is 57.6 Å². The van der Waals surface area contributed by atoms with E-state index in [-0.39, 0.29) is 11.3 Å². The predicted molar refractivity (Wildman–Crippen MR) is 93.2 cm³/mol. The van der Waals surface area contributed by atoms with Gasteiger partial charge < -0.3 is 10.4 Å². The molecule has 4 nitrogen and oxygen atoms in total. The summed E-state index contributed by atoms with van der Waals surface area (Å²) >= 11 is 6.74. The fourth-order valence-corrected chi connectivity index (χ4v) is 3.24. The summed E-state index contributed by atoms with van der Waals surface area (Å²) in [6.07, 6.45) is 1.58. The van der Waals surface area contributed by atoms with Crippen molar-refractivity contribution in [2.45, 2.75) is 0 Å². The maximum absolute atomic E-state index is 12.4. The lowest BCUT2D eigenvalue weighted by Gasteiger charge is -2.10. The van der Waals surface area contributed by atoms with Gasteiger partial charge in [0.2, 0.25) is 0 Å². The molecule has 3 aromatic rings. The molecule has 0 aliphatic carbocycles. The van der Waals surface area contributed by atoms with Crippen molar-refractivity contribution in [3.63, 3.8) is 0 Å². The summed E-state index contributed by atoms with van der Waals surface area (Å²) < 4.78 is 1.64. The van der Waals surface area contributed by atoms with E-state index in [4.69, 9.17) is 0 Å². The number of carbonyl (C=O) groups excluding carboxylic acids is 1. The molecule has 6 heteroatoms. The summed E-state index contributed by atoms with van der Waals surface area (Å²) in [5, 5.41) is 13.8. The van der Waals surface area contributed by atoms with Crippen molar-refractivity contribution in [3.05, 3.63) is 63.2 Å². The van der Waals surface area contributed by atoms with Gasteiger partial charge in [0.05, 0.1) is 11.3 Å². The van der Waals surface area contributed by atoms with E-state index in [0.29, 0.717) is 11.2 Å². The molecule has 0 saturated carbocycles. The SMILES string of the molecule is O=C(Nc1ccc(Br)cc1Br)c1ccc2cccnc2c1O. The quantitative estimate of drug-likeness (QED) is 0.629. The van der Waals surface area contributed by atoms with E-state index >= 15 is 0 Å². The molecule has 0 aliphatic rings. The molecule has 0 spiro atoms. The predicted octanol–water partition coefficient (Wildman–Crippen LogP) is 4.72. The highest BCUT2D eigenvalue weighted by Gasteiger charge is 2.15. The largest absolute Gasteiger partial charge is 0.505 e. The maximum Gasteiger partial charge on any atom is 0.259 e. The number of phenolic OH excluding ortho intramolecular Hbond substituents is 1. The number of aromatic nitrogens is 1. The Morgan fingerprint density at radius 2 is 1.95 bits per heavy atom.